The molecule has 0 saturated heterocycles. The third kappa shape index (κ3) is 1.46. The minimum Gasteiger partial charge on any atom is -0.478 e. The van der Waals surface area contributed by atoms with E-state index in [0.29, 0.717) is 10.9 Å². The van der Waals surface area contributed by atoms with Crippen LogP contribution in [0.3, 0.4) is 0 Å². The van der Waals surface area contributed by atoms with Crippen molar-refractivity contribution in [1.29, 1.82) is 0 Å². The second-order valence-corrected chi connectivity index (χ2v) is 4.99. The average molecular weight is 261 g/mol. The molecular weight excluding hydrogens is 250 g/mol. The van der Waals surface area contributed by atoms with Crippen LogP contribution in [0.25, 0.3) is 22.0 Å². The molecular formula is C17H11NO2. The quantitative estimate of drug-likeness (QED) is 0.570. The van der Waals surface area contributed by atoms with E-state index in [2.05, 4.69) is 17.1 Å². The largest absolute Gasteiger partial charge is 0.478 e. The number of carboxylic acid groups (broad SMARTS) is 1. The Morgan fingerprint density at radius 2 is 1.90 bits per heavy atom. The van der Waals surface area contributed by atoms with Crippen LogP contribution in [0.4, 0.5) is 0 Å². The summed E-state index contributed by atoms with van der Waals surface area (Å²) in [6, 6.07) is 15.4. The number of nitrogens with zero attached hydrogens (tertiary/aromatic N) is 1. The molecule has 2 aromatic carbocycles. The maximum Gasteiger partial charge on any atom is 0.336 e. The van der Waals surface area contributed by atoms with Gasteiger partial charge in [-0.1, -0.05) is 30.3 Å². The summed E-state index contributed by atoms with van der Waals surface area (Å²) >= 11 is 0. The van der Waals surface area contributed by atoms with E-state index in [1.807, 2.05) is 24.3 Å². The number of fused-ring (bicyclic) bond motifs is 4. The van der Waals surface area contributed by atoms with Crippen LogP contribution in [0.5, 0.6) is 0 Å². The Hall–Kier alpha value is -2.68. The predicted octanol–water partition coefficient (Wildman–Crippen LogP) is 3.50. The minimum absolute atomic E-state index is 0.308. The molecule has 4 rings (SSSR count). The van der Waals surface area contributed by atoms with Crippen molar-refractivity contribution in [2.45, 2.75) is 6.42 Å². The number of hydrogen-bond acceptors (Lipinski definition) is 2. The molecule has 0 fully saturated rings. The first-order chi connectivity index (χ1) is 9.74. The lowest BCUT2D eigenvalue weighted by atomic mass is 10.0. The van der Waals surface area contributed by atoms with Gasteiger partial charge in [0.25, 0.3) is 0 Å². The molecule has 3 nitrogen and oxygen atoms in total. The first-order valence-corrected chi connectivity index (χ1v) is 6.48. The zero-order valence-electron chi connectivity index (χ0n) is 10.6. The Kier molecular flexibility index (Phi) is 2.18. The fourth-order valence-corrected chi connectivity index (χ4v) is 2.91. The maximum absolute atomic E-state index is 11.3. The van der Waals surface area contributed by atoms with Crippen LogP contribution in [-0.2, 0) is 6.42 Å². The van der Waals surface area contributed by atoms with Crippen LogP contribution in [0.2, 0.25) is 0 Å². The average Bonchev–Trinajstić information content (AvgIpc) is 2.81. The van der Waals surface area contributed by atoms with Gasteiger partial charge >= 0.3 is 5.97 Å². The molecule has 0 bridgehead atoms. The summed E-state index contributed by atoms with van der Waals surface area (Å²) in [5.41, 5.74) is 5.56. The maximum atomic E-state index is 11.3. The number of aromatic carboxylic acids is 1. The van der Waals surface area contributed by atoms with Gasteiger partial charge in [-0.15, -0.1) is 0 Å². The Bertz CT molecular complexity index is 868. The second kappa shape index (κ2) is 3.90. The van der Waals surface area contributed by atoms with Crippen molar-refractivity contribution in [3.8, 4) is 11.1 Å². The van der Waals surface area contributed by atoms with Crippen LogP contribution in [0, 0.1) is 0 Å². The van der Waals surface area contributed by atoms with E-state index in [0.717, 1.165) is 28.8 Å². The zero-order chi connectivity index (χ0) is 13.7. The highest BCUT2D eigenvalue weighted by molar-refractivity contribution is 6.04. The molecule has 1 aliphatic rings. The smallest absolute Gasteiger partial charge is 0.336 e. The van der Waals surface area contributed by atoms with E-state index in [9.17, 15) is 9.90 Å². The Labute approximate surface area is 115 Å². The lowest BCUT2D eigenvalue weighted by Gasteiger charge is -2.06. The van der Waals surface area contributed by atoms with Gasteiger partial charge in [0.1, 0.15) is 0 Å². The highest BCUT2D eigenvalue weighted by Crippen LogP contribution is 2.37. The topological polar surface area (TPSA) is 50.2 Å². The van der Waals surface area contributed by atoms with Crippen molar-refractivity contribution in [3.63, 3.8) is 0 Å². The fourth-order valence-electron chi connectivity index (χ4n) is 2.91. The standard InChI is InChI=1S/C17H11NO2/c19-17(20)12-6-3-7-15-14(12)9-13-11-5-2-1-4-10(11)8-16(13)18-15/h1-7,9H,8H2,(H,19,20). The van der Waals surface area contributed by atoms with Gasteiger partial charge in [-0.25, -0.2) is 4.79 Å². The van der Waals surface area contributed by atoms with Gasteiger partial charge in [-0.3, -0.25) is 4.98 Å². The van der Waals surface area contributed by atoms with Gasteiger partial charge < -0.3 is 5.11 Å². The summed E-state index contributed by atoms with van der Waals surface area (Å²) in [7, 11) is 0. The molecule has 0 atom stereocenters. The highest BCUT2D eigenvalue weighted by Gasteiger charge is 2.21. The van der Waals surface area contributed by atoms with Gasteiger partial charge in [0, 0.05) is 17.4 Å². The van der Waals surface area contributed by atoms with E-state index in [1.54, 1.807) is 12.1 Å². The molecule has 0 aliphatic heterocycles. The molecule has 0 unspecified atom stereocenters. The van der Waals surface area contributed by atoms with Gasteiger partial charge in [-0.05, 0) is 29.3 Å². The van der Waals surface area contributed by atoms with Crippen LogP contribution in [0.1, 0.15) is 21.6 Å². The van der Waals surface area contributed by atoms with Gasteiger partial charge in [0.15, 0.2) is 0 Å². The molecule has 3 heteroatoms. The lowest BCUT2D eigenvalue weighted by molar-refractivity contribution is 0.0699. The van der Waals surface area contributed by atoms with Crippen LogP contribution in [-0.4, -0.2) is 16.1 Å². The molecule has 0 radical (unpaired) electrons. The Morgan fingerprint density at radius 1 is 1.05 bits per heavy atom. The molecule has 96 valence electrons. The SMILES string of the molecule is O=C(O)c1cccc2nc3c(cc12)-c1ccccc1C3. The van der Waals surface area contributed by atoms with E-state index in [1.165, 1.54) is 5.56 Å². The Morgan fingerprint density at radius 3 is 2.75 bits per heavy atom. The molecule has 0 saturated carbocycles. The fraction of sp³-hybridized carbons (Fsp3) is 0.0588. The first-order valence-electron chi connectivity index (χ1n) is 6.48. The van der Waals surface area contributed by atoms with Crippen molar-refractivity contribution in [1.82, 2.24) is 4.98 Å². The number of carboxylic acids is 1. The molecule has 1 aromatic heterocycles. The van der Waals surface area contributed by atoms with E-state index < -0.39 is 5.97 Å². The van der Waals surface area contributed by atoms with Crippen molar-refractivity contribution in [3.05, 3.63) is 65.4 Å². The number of rotatable bonds is 1. The number of benzene rings is 2. The molecule has 1 N–H and O–H groups in total. The van der Waals surface area contributed by atoms with Crippen molar-refractivity contribution in [2.75, 3.05) is 0 Å². The first kappa shape index (κ1) is 11.2. The van der Waals surface area contributed by atoms with Crippen molar-refractivity contribution >= 4 is 16.9 Å². The predicted molar refractivity (Wildman–Crippen MR) is 76.9 cm³/mol. The number of aromatic nitrogens is 1. The summed E-state index contributed by atoms with van der Waals surface area (Å²) in [5, 5.41) is 10.0. The molecule has 1 heterocycles. The summed E-state index contributed by atoms with van der Waals surface area (Å²) in [4.78, 5) is 16.0. The van der Waals surface area contributed by atoms with E-state index in [-0.39, 0.29) is 0 Å². The third-order valence-corrected chi connectivity index (χ3v) is 3.83. The normalized spacial score (nSPS) is 12.2. The van der Waals surface area contributed by atoms with E-state index >= 15 is 0 Å². The number of carbonyl (C=O) groups is 1. The number of pyridine rings is 1. The van der Waals surface area contributed by atoms with Gasteiger partial charge in [0.2, 0.25) is 0 Å². The third-order valence-electron chi connectivity index (χ3n) is 3.83. The monoisotopic (exact) mass is 261 g/mol. The molecule has 20 heavy (non-hydrogen) atoms. The van der Waals surface area contributed by atoms with Crippen molar-refractivity contribution < 1.29 is 9.90 Å². The van der Waals surface area contributed by atoms with Crippen LogP contribution >= 0.6 is 0 Å². The Balaban J connectivity index is 2.07. The molecule has 0 amide bonds. The zero-order valence-corrected chi connectivity index (χ0v) is 10.6. The second-order valence-electron chi connectivity index (χ2n) is 4.99. The lowest BCUT2D eigenvalue weighted by Crippen LogP contribution is -1.99. The minimum atomic E-state index is -0.913. The summed E-state index contributed by atoms with van der Waals surface area (Å²) in [6.45, 7) is 0. The van der Waals surface area contributed by atoms with Gasteiger partial charge in [-0.2, -0.15) is 0 Å². The van der Waals surface area contributed by atoms with E-state index in [4.69, 9.17) is 0 Å². The van der Waals surface area contributed by atoms with Crippen LogP contribution < -0.4 is 0 Å². The molecule has 0 spiro atoms. The number of hydrogen-bond donors (Lipinski definition) is 1. The summed E-state index contributed by atoms with van der Waals surface area (Å²) in [5.74, 6) is -0.913. The van der Waals surface area contributed by atoms with Crippen molar-refractivity contribution in [2.24, 2.45) is 0 Å². The van der Waals surface area contributed by atoms with Gasteiger partial charge in [0.05, 0.1) is 16.8 Å². The summed E-state index contributed by atoms with van der Waals surface area (Å²) in [6.07, 6.45) is 0.818. The molecule has 1 aliphatic carbocycles. The highest BCUT2D eigenvalue weighted by atomic mass is 16.4. The van der Waals surface area contributed by atoms with Crippen LogP contribution in [0.15, 0.2) is 48.5 Å². The summed E-state index contributed by atoms with van der Waals surface area (Å²) < 4.78 is 0. The molecule has 3 aromatic rings.